The maximum absolute atomic E-state index is 13.3. The standard InChI is InChI=1S/C29H27ClF3N5O2.ClH/c1-28(2,3)27(40)35-15-16-8-11-22(30)21(12-16)26(39)36-19-9-10-20-23(14-19)37-24(38-25(20)34-4)17-6-5-7-18(13-17)29(31,32)33;/h5-14H,15H2,1-4H3,(H,35,40)(H,36,39)(H,34,37,38);1H. The zero-order valence-electron chi connectivity index (χ0n) is 22.6. The minimum Gasteiger partial charge on any atom is -0.373 e. The van der Waals surface area contributed by atoms with Gasteiger partial charge in [-0.1, -0.05) is 50.6 Å². The maximum Gasteiger partial charge on any atom is 0.416 e. The number of rotatable bonds is 6. The summed E-state index contributed by atoms with van der Waals surface area (Å²) in [5.41, 5.74) is 0.559. The van der Waals surface area contributed by atoms with Crippen LogP contribution >= 0.6 is 24.0 Å². The molecule has 216 valence electrons. The van der Waals surface area contributed by atoms with Crippen molar-refractivity contribution in [3.63, 3.8) is 0 Å². The fraction of sp³-hybridized carbons (Fsp3) is 0.241. The summed E-state index contributed by atoms with van der Waals surface area (Å²) in [5.74, 6) is -0.0887. The summed E-state index contributed by atoms with van der Waals surface area (Å²) in [4.78, 5) is 34.2. The zero-order chi connectivity index (χ0) is 29.2. The van der Waals surface area contributed by atoms with Gasteiger partial charge in [0.05, 0.1) is 21.7 Å². The van der Waals surface area contributed by atoms with Crippen LogP contribution in [-0.2, 0) is 17.5 Å². The van der Waals surface area contributed by atoms with Crippen LogP contribution in [0.5, 0.6) is 0 Å². The molecule has 0 aliphatic heterocycles. The Morgan fingerprint density at radius 2 is 1.68 bits per heavy atom. The molecule has 0 unspecified atom stereocenters. The Hall–Kier alpha value is -3.89. The van der Waals surface area contributed by atoms with E-state index in [0.717, 1.165) is 12.1 Å². The van der Waals surface area contributed by atoms with Crippen LogP contribution < -0.4 is 16.0 Å². The Morgan fingerprint density at radius 3 is 2.34 bits per heavy atom. The Morgan fingerprint density at radius 1 is 0.951 bits per heavy atom. The lowest BCUT2D eigenvalue weighted by Crippen LogP contribution is -2.34. The first-order chi connectivity index (χ1) is 18.8. The maximum atomic E-state index is 13.3. The molecule has 3 aromatic carbocycles. The van der Waals surface area contributed by atoms with Gasteiger partial charge in [-0.15, -0.1) is 12.4 Å². The number of anilines is 2. The van der Waals surface area contributed by atoms with Crippen LogP contribution in [0.2, 0.25) is 5.02 Å². The lowest BCUT2D eigenvalue weighted by atomic mass is 9.95. The molecule has 4 rings (SSSR count). The number of carbonyl (C=O) groups excluding carboxylic acids is 2. The molecule has 0 fully saturated rings. The molecule has 1 heterocycles. The van der Waals surface area contributed by atoms with E-state index in [4.69, 9.17) is 11.6 Å². The van der Waals surface area contributed by atoms with Gasteiger partial charge in [0.15, 0.2) is 5.82 Å². The third-order valence-corrected chi connectivity index (χ3v) is 6.38. The molecule has 0 saturated heterocycles. The first-order valence-electron chi connectivity index (χ1n) is 12.3. The van der Waals surface area contributed by atoms with E-state index in [2.05, 4.69) is 25.9 Å². The molecule has 7 nitrogen and oxygen atoms in total. The summed E-state index contributed by atoms with van der Waals surface area (Å²) in [6.45, 7) is 5.64. The molecule has 0 radical (unpaired) electrons. The predicted octanol–water partition coefficient (Wildman–Crippen LogP) is 7.35. The lowest BCUT2D eigenvalue weighted by Gasteiger charge is -2.18. The summed E-state index contributed by atoms with van der Waals surface area (Å²) >= 11 is 6.30. The largest absolute Gasteiger partial charge is 0.416 e. The Bertz CT molecular complexity index is 1600. The number of aromatic nitrogens is 2. The summed E-state index contributed by atoms with van der Waals surface area (Å²) in [6.07, 6.45) is -4.51. The van der Waals surface area contributed by atoms with Crippen LogP contribution in [-0.4, -0.2) is 28.8 Å². The topological polar surface area (TPSA) is 96.0 Å². The van der Waals surface area contributed by atoms with Crippen LogP contribution in [0.25, 0.3) is 22.3 Å². The van der Waals surface area contributed by atoms with Crippen LogP contribution in [0.15, 0.2) is 60.7 Å². The number of alkyl halides is 3. The van der Waals surface area contributed by atoms with Crippen molar-refractivity contribution in [2.45, 2.75) is 33.5 Å². The second-order valence-corrected chi connectivity index (χ2v) is 10.6. The van der Waals surface area contributed by atoms with E-state index >= 15 is 0 Å². The van der Waals surface area contributed by atoms with E-state index in [1.807, 2.05) is 0 Å². The van der Waals surface area contributed by atoms with Gasteiger partial charge in [-0.3, -0.25) is 9.59 Å². The van der Waals surface area contributed by atoms with Gasteiger partial charge in [-0.25, -0.2) is 9.97 Å². The number of hydrogen-bond acceptors (Lipinski definition) is 5. The number of nitrogens with zero attached hydrogens (tertiary/aromatic N) is 2. The number of carbonyl (C=O) groups is 2. The fourth-order valence-corrected chi connectivity index (χ4v) is 4.07. The summed E-state index contributed by atoms with van der Waals surface area (Å²) in [5, 5.41) is 9.43. The number of hydrogen-bond donors (Lipinski definition) is 3. The molecule has 12 heteroatoms. The highest BCUT2D eigenvalue weighted by atomic mass is 35.5. The monoisotopic (exact) mass is 605 g/mol. The molecule has 0 aliphatic carbocycles. The summed E-state index contributed by atoms with van der Waals surface area (Å²) in [7, 11) is 1.65. The van der Waals surface area contributed by atoms with Crippen molar-refractivity contribution in [2.24, 2.45) is 5.41 Å². The van der Waals surface area contributed by atoms with Gasteiger partial charge < -0.3 is 16.0 Å². The predicted molar refractivity (Wildman–Crippen MR) is 157 cm³/mol. The van der Waals surface area contributed by atoms with Crippen LogP contribution in [0.3, 0.4) is 0 Å². The summed E-state index contributed by atoms with van der Waals surface area (Å²) < 4.78 is 39.8. The first kappa shape index (κ1) is 31.6. The normalized spacial score (nSPS) is 11.5. The Labute approximate surface area is 246 Å². The molecule has 0 spiro atoms. The Kier molecular flexibility index (Phi) is 9.51. The lowest BCUT2D eigenvalue weighted by molar-refractivity contribution is -0.137. The number of halogens is 5. The highest BCUT2D eigenvalue weighted by Crippen LogP contribution is 2.33. The zero-order valence-corrected chi connectivity index (χ0v) is 24.2. The van der Waals surface area contributed by atoms with Gasteiger partial charge in [0.2, 0.25) is 5.91 Å². The third kappa shape index (κ3) is 7.45. The SMILES string of the molecule is CNc1nc(-c2cccc(C(F)(F)F)c2)nc2cc(NC(=O)c3cc(CNC(=O)C(C)(C)C)ccc3Cl)ccc12.Cl. The second kappa shape index (κ2) is 12.3. The number of fused-ring (bicyclic) bond motifs is 1. The van der Waals surface area contributed by atoms with Crippen molar-refractivity contribution >= 4 is 58.2 Å². The minimum absolute atomic E-state index is 0. The van der Waals surface area contributed by atoms with E-state index in [-0.39, 0.29) is 46.8 Å². The minimum atomic E-state index is -4.51. The van der Waals surface area contributed by atoms with Crippen molar-refractivity contribution in [2.75, 3.05) is 17.7 Å². The quantitative estimate of drug-likeness (QED) is 0.213. The third-order valence-electron chi connectivity index (χ3n) is 6.05. The highest BCUT2D eigenvalue weighted by molar-refractivity contribution is 6.34. The molecule has 0 aliphatic rings. The number of benzene rings is 3. The van der Waals surface area contributed by atoms with E-state index in [0.29, 0.717) is 28.0 Å². The Balaban J connectivity index is 0.00000462. The summed E-state index contributed by atoms with van der Waals surface area (Å²) in [6, 6.07) is 14.7. The smallest absolute Gasteiger partial charge is 0.373 e. The molecule has 3 N–H and O–H groups in total. The molecule has 4 aromatic rings. The molecule has 0 atom stereocenters. The van der Waals surface area contributed by atoms with Crippen LogP contribution in [0, 0.1) is 5.41 Å². The molecule has 0 saturated carbocycles. The van der Waals surface area contributed by atoms with Gasteiger partial charge in [-0.2, -0.15) is 13.2 Å². The van der Waals surface area contributed by atoms with E-state index in [1.165, 1.54) is 12.1 Å². The molecule has 2 amide bonds. The molecule has 0 bridgehead atoms. The average Bonchev–Trinajstić information content (AvgIpc) is 2.90. The van der Waals surface area contributed by atoms with Crippen molar-refractivity contribution in [1.82, 2.24) is 15.3 Å². The van der Waals surface area contributed by atoms with Crippen molar-refractivity contribution in [3.05, 3.63) is 82.4 Å². The second-order valence-electron chi connectivity index (χ2n) is 10.2. The van der Waals surface area contributed by atoms with E-state index in [9.17, 15) is 22.8 Å². The molecule has 41 heavy (non-hydrogen) atoms. The van der Waals surface area contributed by atoms with Crippen LogP contribution in [0.4, 0.5) is 24.7 Å². The van der Waals surface area contributed by atoms with E-state index in [1.54, 1.807) is 64.2 Å². The molecular formula is C29H28Cl2F3N5O2. The van der Waals surface area contributed by atoms with Gasteiger partial charge in [-0.05, 0) is 48.0 Å². The van der Waals surface area contributed by atoms with Crippen molar-refractivity contribution in [3.8, 4) is 11.4 Å². The van der Waals surface area contributed by atoms with Crippen LogP contribution in [0.1, 0.15) is 42.3 Å². The highest BCUT2D eigenvalue weighted by Gasteiger charge is 2.30. The van der Waals surface area contributed by atoms with Gasteiger partial charge in [0.25, 0.3) is 5.91 Å². The van der Waals surface area contributed by atoms with E-state index < -0.39 is 23.1 Å². The fourth-order valence-electron chi connectivity index (χ4n) is 3.86. The number of amides is 2. The number of nitrogens with one attached hydrogen (secondary N) is 3. The van der Waals surface area contributed by atoms with Gasteiger partial charge >= 0.3 is 6.18 Å². The first-order valence-corrected chi connectivity index (χ1v) is 12.7. The molecular weight excluding hydrogens is 578 g/mol. The van der Waals surface area contributed by atoms with Crippen molar-refractivity contribution < 1.29 is 22.8 Å². The average molecular weight is 606 g/mol. The van der Waals surface area contributed by atoms with Crippen molar-refractivity contribution in [1.29, 1.82) is 0 Å². The van der Waals surface area contributed by atoms with Gasteiger partial charge in [0.1, 0.15) is 5.82 Å². The molecule has 1 aromatic heterocycles. The van der Waals surface area contributed by atoms with Gasteiger partial charge in [0, 0.05) is 35.6 Å².